The van der Waals surface area contributed by atoms with Gasteiger partial charge in [-0.1, -0.05) is 41.4 Å². The maximum atomic E-state index is 11.5. The van der Waals surface area contributed by atoms with Crippen LogP contribution in [0.4, 0.5) is 4.79 Å². The SMILES string of the molecule is COc1cc(-c2nccc(-c3cccc(-c4ccc(C=O)c(OC)n4)c3Cl)c2Cl)cc2c1CN(C(=O)O)CC2. The molecule has 4 aromatic rings. The first-order valence-corrected chi connectivity index (χ1v) is 12.7. The maximum Gasteiger partial charge on any atom is 0.407 e. The normalized spacial score (nSPS) is 12.6. The molecule has 2 aromatic carbocycles. The number of amides is 1. The van der Waals surface area contributed by atoms with Gasteiger partial charge < -0.3 is 19.5 Å². The highest BCUT2D eigenvalue weighted by Gasteiger charge is 2.25. The smallest absolute Gasteiger partial charge is 0.407 e. The summed E-state index contributed by atoms with van der Waals surface area (Å²) >= 11 is 13.9. The number of hydrogen-bond acceptors (Lipinski definition) is 6. The molecule has 1 N–H and O–H groups in total. The van der Waals surface area contributed by atoms with Crippen molar-refractivity contribution >= 4 is 35.6 Å². The van der Waals surface area contributed by atoms with Crippen molar-refractivity contribution in [3.8, 4) is 45.3 Å². The van der Waals surface area contributed by atoms with E-state index in [1.807, 2.05) is 30.3 Å². The lowest BCUT2D eigenvalue weighted by molar-refractivity contribution is 0.111. The topological polar surface area (TPSA) is 102 Å². The first kappa shape index (κ1) is 26.5. The molecule has 1 aliphatic rings. The second-order valence-electron chi connectivity index (χ2n) is 8.87. The number of carboxylic acid groups (broad SMARTS) is 1. The van der Waals surface area contributed by atoms with E-state index < -0.39 is 6.09 Å². The zero-order valence-electron chi connectivity index (χ0n) is 21.1. The van der Waals surface area contributed by atoms with Crippen molar-refractivity contribution in [2.45, 2.75) is 13.0 Å². The van der Waals surface area contributed by atoms with Gasteiger partial charge in [0, 0.05) is 40.6 Å². The Kier molecular flexibility index (Phi) is 7.41. The minimum absolute atomic E-state index is 0.209. The van der Waals surface area contributed by atoms with E-state index in [9.17, 15) is 14.7 Å². The van der Waals surface area contributed by atoms with Crippen LogP contribution < -0.4 is 9.47 Å². The van der Waals surface area contributed by atoms with Gasteiger partial charge in [-0.2, -0.15) is 0 Å². The van der Waals surface area contributed by atoms with E-state index in [0.29, 0.717) is 68.7 Å². The predicted molar refractivity (Wildman–Crippen MR) is 149 cm³/mol. The fourth-order valence-corrected chi connectivity index (χ4v) is 5.41. The molecule has 39 heavy (non-hydrogen) atoms. The van der Waals surface area contributed by atoms with Crippen LogP contribution in [0.5, 0.6) is 11.6 Å². The molecule has 0 radical (unpaired) electrons. The number of aromatic nitrogens is 2. The van der Waals surface area contributed by atoms with Crippen molar-refractivity contribution in [1.82, 2.24) is 14.9 Å². The Morgan fingerprint density at radius 2 is 1.79 bits per heavy atom. The predicted octanol–water partition coefficient (Wildman–Crippen LogP) is 6.65. The molecule has 0 fully saturated rings. The van der Waals surface area contributed by atoms with Crippen molar-refractivity contribution in [2.75, 3.05) is 20.8 Å². The molecule has 198 valence electrons. The largest absolute Gasteiger partial charge is 0.496 e. The van der Waals surface area contributed by atoms with E-state index in [0.717, 1.165) is 16.7 Å². The summed E-state index contributed by atoms with van der Waals surface area (Å²) in [5.41, 5.74) is 6.03. The van der Waals surface area contributed by atoms with Gasteiger partial charge in [0.25, 0.3) is 0 Å². The van der Waals surface area contributed by atoms with Crippen LogP contribution in [0.25, 0.3) is 33.6 Å². The zero-order chi connectivity index (χ0) is 27.7. The molecule has 0 unspecified atom stereocenters. The van der Waals surface area contributed by atoms with Crippen LogP contribution in [-0.2, 0) is 13.0 Å². The second-order valence-corrected chi connectivity index (χ2v) is 9.63. The van der Waals surface area contributed by atoms with Gasteiger partial charge in [-0.3, -0.25) is 9.78 Å². The van der Waals surface area contributed by atoms with Gasteiger partial charge in [-0.25, -0.2) is 9.78 Å². The van der Waals surface area contributed by atoms with E-state index in [1.54, 1.807) is 31.5 Å². The lowest BCUT2D eigenvalue weighted by Crippen LogP contribution is -2.35. The van der Waals surface area contributed by atoms with E-state index in [1.165, 1.54) is 12.0 Å². The first-order valence-electron chi connectivity index (χ1n) is 12.0. The van der Waals surface area contributed by atoms with E-state index in [-0.39, 0.29) is 12.4 Å². The quantitative estimate of drug-likeness (QED) is 0.262. The summed E-state index contributed by atoms with van der Waals surface area (Å²) in [5, 5.41) is 10.3. The minimum atomic E-state index is -0.961. The molecule has 3 heterocycles. The van der Waals surface area contributed by atoms with Gasteiger partial charge in [0.1, 0.15) is 5.75 Å². The number of carbonyl (C=O) groups is 2. The molecule has 0 saturated heterocycles. The van der Waals surface area contributed by atoms with Crippen LogP contribution in [-0.4, -0.2) is 53.1 Å². The number of hydrogen-bond donors (Lipinski definition) is 1. The van der Waals surface area contributed by atoms with E-state index >= 15 is 0 Å². The Labute approximate surface area is 234 Å². The molecule has 10 heteroatoms. The fourth-order valence-electron chi connectivity index (χ4n) is 4.76. The van der Waals surface area contributed by atoms with Gasteiger partial charge in [0.2, 0.25) is 5.88 Å². The second kappa shape index (κ2) is 10.9. The summed E-state index contributed by atoms with van der Waals surface area (Å²) in [5.74, 6) is 0.788. The molecule has 0 aliphatic carbocycles. The van der Waals surface area contributed by atoms with Crippen LogP contribution in [0.3, 0.4) is 0 Å². The van der Waals surface area contributed by atoms with E-state index in [2.05, 4.69) is 9.97 Å². The van der Waals surface area contributed by atoms with Crippen LogP contribution in [0.15, 0.2) is 54.7 Å². The molecule has 0 bridgehead atoms. The summed E-state index contributed by atoms with van der Waals surface area (Å²) in [6.07, 6.45) is 1.94. The Bertz CT molecular complexity index is 1590. The number of fused-ring (bicyclic) bond motifs is 1. The third-order valence-electron chi connectivity index (χ3n) is 6.73. The Balaban J connectivity index is 1.58. The Hall–Kier alpha value is -4.14. The summed E-state index contributed by atoms with van der Waals surface area (Å²) < 4.78 is 10.9. The molecule has 8 nitrogen and oxygen atoms in total. The van der Waals surface area contributed by atoms with Crippen LogP contribution in [0.2, 0.25) is 10.0 Å². The highest BCUT2D eigenvalue weighted by Crippen LogP contribution is 2.43. The molecule has 0 atom stereocenters. The van der Waals surface area contributed by atoms with Gasteiger partial charge in [-0.15, -0.1) is 0 Å². The van der Waals surface area contributed by atoms with E-state index in [4.69, 9.17) is 32.7 Å². The Morgan fingerprint density at radius 1 is 1.03 bits per heavy atom. The van der Waals surface area contributed by atoms with Crippen molar-refractivity contribution in [1.29, 1.82) is 0 Å². The molecule has 0 spiro atoms. The van der Waals surface area contributed by atoms with Gasteiger partial charge in [0.15, 0.2) is 6.29 Å². The average Bonchev–Trinajstić information content (AvgIpc) is 2.96. The summed E-state index contributed by atoms with van der Waals surface area (Å²) in [7, 11) is 3.01. The number of halogens is 2. The number of ether oxygens (including phenoxy) is 2. The molecular weight excluding hydrogens is 541 g/mol. The van der Waals surface area contributed by atoms with Gasteiger partial charge in [0.05, 0.1) is 47.8 Å². The van der Waals surface area contributed by atoms with Crippen LogP contribution in [0, 0.1) is 0 Å². The summed E-state index contributed by atoms with van der Waals surface area (Å²) in [4.78, 5) is 33.2. The lowest BCUT2D eigenvalue weighted by atomic mass is 9.94. The number of methoxy groups -OCH3 is 2. The number of aldehydes is 1. The molecule has 5 rings (SSSR count). The molecule has 1 aliphatic heterocycles. The number of carbonyl (C=O) groups excluding carboxylic acids is 1. The molecule has 2 aromatic heterocycles. The lowest BCUT2D eigenvalue weighted by Gasteiger charge is -2.28. The van der Waals surface area contributed by atoms with Crippen molar-refractivity contribution in [2.24, 2.45) is 0 Å². The third kappa shape index (κ3) is 4.89. The monoisotopic (exact) mass is 563 g/mol. The summed E-state index contributed by atoms with van der Waals surface area (Å²) in [6, 6.07) is 14.5. The van der Waals surface area contributed by atoms with Crippen molar-refractivity contribution in [3.05, 3.63) is 81.5 Å². The van der Waals surface area contributed by atoms with Crippen LogP contribution >= 0.6 is 23.2 Å². The molecule has 1 amide bonds. The zero-order valence-corrected chi connectivity index (χ0v) is 22.6. The third-order valence-corrected chi connectivity index (χ3v) is 7.52. The highest BCUT2D eigenvalue weighted by molar-refractivity contribution is 6.39. The first-order chi connectivity index (χ1) is 18.9. The fraction of sp³-hybridized carbons (Fsp3) is 0.172. The average molecular weight is 564 g/mol. The number of rotatable bonds is 6. The maximum absolute atomic E-state index is 11.5. The standard InChI is InChI=1S/C29H23Cl2N3O5/c1-38-24-13-18(12-16-9-11-34(29(36)37)14-22(16)24)27-26(31)20(8-10-32-27)19-4-3-5-21(25(19)30)23-7-6-17(15-35)28(33-23)39-2/h3-8,10,12-13,15H,9,11,14H2,1-2H3,(H,36,37). The molecular formula is C29H23Cl2N3O5. The number of pyridine rings is 2. The van der Waals surface area contributed by atoms with Crippen molar-refractivity contribution in [3.63, 3.8) is 0 Å². The van der Waals surface area contributed by atoms with Crippen molar-refractivity contribution < 1.29 is 24.2 Å². The van der Waals surface area contributed by atoms with Gasteiger partial charge >= 0.3 is 6.09 Å². The minimum Gasteiger partial charge on any atom is -0.496 e. The number of benzene rings is 2. The summed E-state index contributed by atoms with van der Waals surface area (Å²) in [6.45, 7) is 0.648. The highest BCUT2D eigenvalue weighted by atomic mass is 35.5. The number of nitrogens with zero attached hydrogens (tertiary/aromatic N) is 3. The Morgan fingerprint density at radius 3 is 2.51 bits per heavy atom. The van der Waals surface area contributed by atoms with Crippen LogP contribution in [0.1, 0.15) is 21.5 Å². The molecule has 0 saturated carbocycles. The van der Waals surface area contributed by atoms with Gasteiger partial charge in [-0.05, 0) is 42.3 Å².